The number of carboxylic acid groups (broad SMARTS) is 2. The number of aliphatic hydroxyl groups is 1. The van der Waals surface area contributed by atoms with E-state index in [-0.39, 0.29) is 12.8 Å². The Kier molecular flexibility index (Phi) is 10.1. The Balaban J connectivity index is 2.99. The number of imidazole rings is 1. The van der Waals surface area contributed by atoms with E-state index in [0.717, 1.165) is 0 Å². The molecule has 0 aromatic carbocycles. The number of aromatic amines is 1. The van der Waals surface area contributed by atoms with Gasteiger partial charge in [0.2, 0.25) is 17.7 Å². The maximum atomic E-state index is 12.7. The predicted octanol–water partition coefficient (Wildman–Crippen LogP) is -3.30. The van der Waals surface area contributed by atoms with E-state index in [0.29, 0.717) is 5.69 Å². The lowest BCUT2D eigenvalue weighted by atomic mass is 10.1. The lowest BCUT2D eigenvalue weighted by molar-refractivity contribution is -0.141. The van der Waals surface area contributed by atoms with Crippen LogP contribution in [0, 0.1) is 0 Å². The number of H-pyrrole nitrogens is 1. The van der Waals surface area contributed by atoms with Crippen LogP contribution in [0.4, 0.5) is 0 Å². The molecule has 4 atom stereocenters. The maximum absolute atomic E-state index is 12.7. The van der Waals surface area contributed by atoms with Crippen LogP contribution in [0.1, 0.15) is 25.5 Å². The van der Waals surface area contributed by atoms with Gasteiger partial charge in [0.15, 0.2) is 0 Å². The van der Waals surface area contributed by atoms with Crippen molar-refractivity contribution in [3.05, 3.63) is 18.2 Å². The topological polar surface area (TPSA) is 237 Å². The fraction of sp³-hybridized carbons (Fsp3) is 0.529. The Labute approximate surface area is 176 Å². The number of nitrogens with zero attached hydrogens (tertiary/aromatic N) is 1. The zero-order valence-electron chi connectivity index (χ0n) is 16.7. The monoisotopic (exact) mass is 442 g/mol. The summed E-state index contributed by atoms with van der Waals surface area (Å²) in [6, 6.07) is -5.19. The highest BCUT2D eigenvalue weighted by Crippen LogP contribution is 2.04. The minimum atomic E-state index is -1.37. The van der Waals surface area contributed by atoms with Gasteiger partial charge in [-0.2, -0.15) is 0 Å². The normalized spacial score (nSPS) is 14.5. The average molecular weight is 442 g/mol. The summed E-state index contributed by atoms with van der Waals surface area (Å²) in [7, 11) is 0. The third-order valence-corrected chi connectivity index (χ3v) is 4.15. The fourth-order valence-electron chi connectivity index (χ4n) is 2.37. The van der Waals surface area contributed by atoms with Gasteiger partial charge in [0.1, 0.15) is 24.2 Å². The molecule has 0 aliphatic heterocycles. The zero-order chi connectivity index (χ0) is 23.6. The van der Waals surface area contributed by atoms with E-state index in [1.54, 1.807) is 0 Å². The molecule has 0 saturated carbocycles. The van der Waals surface area contributed by atoms with Crippen molar-refractivity contribution in [3.8, 4) is 0 Å². The molecule has 9 N–H and O–H groups in total. The average Bonchev–Trinajstić information content (AvgIpc) is 3.22. The summed E-state index contributed by atoms with van der Waals surface area (Å²) >= 11 is 0. The van der Waals surface area contributed by atoms with E-state index < -0.39 is 66.9 Å². The molecule has 0 spiro atoms. The van der Waals surface area contributed by atoms with Gasteiger partial charge in [-0.05, 0) is 13.3 Å². The van der Waals surface area contributed by atoms with Gasteiger partial charge in [0.25, 0.3) is 0 Å². The van der Waals surface area contributed by atoms with Crippen LogP contribution in [-0.4, -0.2) is 85.7 Å². The molecule has 0 bridgehead atoms. The van der Waals surface area contributed by atoms with Crippen LogP contribution in [0.25, 0.3) is 0 Å². The molecule has 4 unspecified atom stereocenters. The number of nitrogens with two attached hydrogens (primary N) is 1. The van der Waals surface area contributed by atoms with Crippen molar-refractivity contribution in [2.24, 2.45) is 5.73 Å². The van der Waals surface area contributed by atoms with Crippen LogP contribution in [0.2, 0.25) is 0 Å². The van der Waals surface area contributed by atoms with Crippen molar-refractivity contribution in [2.75, 3.05) is 6.61 Å². The number of aliphatic hydroxyl groups excluding tert-OH is 1. The Morgan fingerprint density at radius 2 is 1.68 bits per heavy atom. The van der Waals surface area contributed by atoms with Crippen LogP contribution in [-0.2, 0) is 30.4 Å². The Morgan fingerprint density at radius 1 is 1.06 bits per heavy atom. The number of nitrogens with one attached hydrogen (secondary N) is 4. The van der Waals surface area contributed by atoms with Gasteiger partial charge in [0, 0.05) is 24.7 Å². The van der Waals surface area contributed by atoms with Crippen molar-refractivity contribution in [2.45, 2.75) is 50.4 Å². The van der Waals surface area contributed by atoms with E-state index in [2.05, 4.69) is 25.9 Å². The van der Waals surface area contributed by atoms with Crippen molar-refractivity contribution in [1.82, 2.24) is 25.9 Å². The van der Waals surface area contributed by atoms with Crippen molar-refractivity contribution in [3.63, 3.8) is 0 Å². The molecule has 1 rings (SSSR count). The quantitative estimate of drug-likeness (QED) is 0.151. The standard InChI is InChI=1S/C17H26N6O8/c1-8(17(30)31)21-16(29)12(4-9-5-19-7-20-9)23-15(28)11(2-3-13(25)26)22-14(27)10(18)6-24/h5,7-8,10-12,24H,2-4,6,18H2,1H3,(H,19,20)(H,21,29)(H,22,27)(H,23,28)(H,25,26)(H,30,31). The second-order valence-corrected chi connectivity index (χ2v) is 6.69. The number of hydrogen-bond acceptors (Lipinski definition) is 8. The summed E-state index contributed by atoms with van der Waals surface area (Å²) < 4.78 is 0. The summed E-state index contributed by atoms with van der Waals surface area (Å²) in [6.07, 6.45) is 1.88. The van der Waals surface area contributed by atoms with Crippen LogP contribution in [0.15, 0.2) is 12.5 Å². The molecule has 0 aliphatic carbocycles. The Morgan fingerprint density at radius 3 is 2.19 bits per heavy atom. The van der Waals surface area contributed by atoms with E-state index >= 15 is 0 Å². The number of carboxylic acids is 2. The minimum absolute atomic E-state index is 0.0837. The number of aromatic nitrogens is 2. The number of rotatable bonds is 13. The molecule has 0 radical (unpaired) electrons. The molecule has 31 heavy (non-hydrogen) atoms. The summed E-state index contributed by atoms with van der Waals surface area (Å²) in [5, 5.41) is 33.7. The molecule has 0 aliphatic rings. The Bertz CT molecular complexity index is 784. The first-order valence-electron chi connectivity index (χ1n) is 9.24. The number of carbonyl (C=O) groups excluding carboxylic acids is 3. The van der Waals surface area contributed by atoms with E-state index in [4.69, 9.17) is 21.1 Å². The number of hydrogen-bond donors (Lipinski definition) is 8. The van der Waals surface area contributed by atoms with Crippen molar-refractivity contribution >= 4 is 29.7 Å². The van der Waals surface area contributed by atoms with E-state index in [1.807, 2.05) is 0 Å². The first-order valence-corrected chi connectivity index (χ1v) is 9.24. The molecular formula is C17H26N6O8. The van der Waals surface area contributed by atoms with Crippen LogP contribution >= 0.6 is 0 Å². The SMILES string of the molecule is CC(NC(=O)C(Cc1cnc[nH]1)NC(=O)C(CCC(=O)O)NC(=O)C(N)CO)C(=O)O. The number of aliphatic carboxylic acids is 2. The molecular weight excluding hydrogens is 416 g/mol. The second kappa shape index (κ2) is 12.2. The van der Waals surface area contributed by atoms with Gasteiger partial charge in [-0.15, -0.1) is 0 Å². The molecule has 14 heteroatoms. The highest BCUT2D eigenvalue weighted by Gasteiger charge is 2.30. The fourth-order valence-corrected chi connectivity index (χ4v) is 2.37. The largest absolute Gasteiger partial charge is 0.481 e. The van der Waals surface area contributed by atoms with E-state index in [9.17, 15) is 24.0 Å². The minimum Gasteiger partial charge on any atom is -0.481 e. The van der Waals surface area contributed by atoms with Crippen molar-refractivity contribution in [1.29, 1.82) is 0 Å². The molecule has 1 aromatic heterocycles. The molecule has 3 amide bonds. The highest BCUT2D eigenvalue weighted by molar-refractivity contribution is 5.94. The summed E-state index contributed by atoms with van der Waals surface area (Å²) in [4.78, 5) is 65.6. The molecule has 1 heterocycles. The van der Waals surface area contributed by atoms with Crippen LogP contribution in [0.5, 0.6) is 0 Å². The first-order chi connectivity index (χ1) is 14.5. The molecule has 172 valence electrons. The second-order valence-electron chi connectivity index (χ2n) is 6.69. The highest BCUT2D eigenvalue weighted by atomic mass is 16.4. The summed E-state index contributed by atoms with van der Waals surface area (Å²) in [6.45, 7) is 0.540. The Hall–Kier alpha value is -3.52. The van der Waals surface area contributed by atoms with Crippen LogP contribution < -0.4 is 21.7 Å². The van der Waals surface area contributed by atoms with Gasteiger partial charge < -0.3 is 42.0 Å². The van der Waals surface area contributed by atoms with Crippen LogP contribution in [0.3, 0.4) is 0 Å². The lowest BCUT2D eigenvalue weighted by Crippen LogP contribution is -2.57. The molecule has 0 fully saturated rings. The van der Waals surface area contributed by atoms with Gasteiger partial charge in [0.05, 0.1) is 12.9 Å². The third kappa shape index (κ3) is 8.79. The van der Waals surface area contributed by atoms with Crippen molar-refractivity contribution < 1.29 is 39.3 Å². The van der Waals surface area contributed by atoms with E-state index in [1.165, 1.54) is 19.4 Å². The molecule has 1 aromatic rings. The third-order valence-electron chi connectivity index (χ3n) is 4.15. The zero-order valence-corrected chi connectivity index (χ0v) is 16.7. The van der Waals surface area contributed by atoms with Gasteiger partial charge in [-0.1, -0.05) is 0 Å². The molecule has 0 saturated heterocycles. The van der Waals surface area contributed by atoms with Gasteiger partial charge in [-0.25, -0.2) is 4.98 Å². The smallest absolute Gasteiger partial charge is 0.325 e. The predicted molar refractivity (Wildman–Crippen MR) is 103 cm³/mol. The first kappa shape index (κ1) is 25.5. The van der Waals surface area contributed by atoms with Gasteiger partial charge >= 0.3 is 11.9 Å². The maximum Gasteiger partial charge on any atom is 0.325 e. The van der Waals surface area contributed by atoms with Gasteiger partial charge in [-0.3, -0.25) is 24.0 Å². The molecule has 14 nitrogen and oxygen atoms in total. The summed E-state index contributed by atoms with van der Waals surface area (Å²) in [5.74, 6) is -5.09. The summed E-state index contributed by atoms with van der Waals surface area (Å²) in [5.41, 5.74) is 5.86. The number of amides is 3. The lowest BCUT2D eigenvalue weighted by Gasteiger charge is -2.24. The number of carbonyl (C=O) groups is 5.